The second-order valence-corrected chi connectivity index (χ2v) is 5.23. The molecule has 0 atom stereocenters. The van der Waals surface area contributed by atoms with Gasteiger partial charge in [-0.1, -0.05) is 0 Å². The summed E-state index contributed by atoms with van der Waals surface area (Å²) in [4.78, 5) is 25.7. The number of amides is 1. The van der Waals surface area contributed by atoms with Crippen molar-refractivity contribution in [2.75, 3.05) is 0 Å². The Hall–Kier alpha value is -1.78. The molecule has 1 aliphatic carbocycles. The van der Waals surface area contributed by atoms with Crippen LogP contribution in [0.3, 0.4) is 0 Å². The normalized spacial score (nSPS) is 22.9. The van der Waals surface area contributed by atoms with Gasteiger partial charge in [-0.15, -0.1) is 0 Å². The maximum Gasteiger partial charge on any atom is 0.303 e. The first-order chi connectivity index (χ1) is 9.15. The largest absolute Gasteiger partial charge is 0.481 e. The van der Waals surface area contributed by atoms with Crippen LogP contribution in [0.1, 0.15) is 37.8 Å². The van der Waals surface area contributed by atoms with Crippen molar-refractivity contribution < 1.29 is 14.7 Å². The molecule has 0 bridgehead atoms. The van der Waals surface area contributed by atoms with Crippen LogP contribution in [0.2, 0.25) is 0 Å². The minimum absolute atomic E-state index is 0.0417. The highest BCUT2D eigenvalue weighted by molar-refractivity contribution is 5.78. The molecule has 5 nitrogen and oxygen atoms in total. The van der Waals surface area contributed by atoms with Gasteiger partial charge in [0.15, 0.2) is 0 Å². The van der Waals surface area contributed by atoms with Gasteiger partial charge >= 0.3 is 5.97 Å². The molecule has 1 amide bonds. The van der Waals surface area contributed by atoms with Crippen LogP contribution >= 0.6 is 0 Å². The number of aliphatic carboxylic acids is 1. The van der Waals surface area contributed by atoms with Gasteiger partial charge in [0.25, 0.3) is 0 Å². The maximum absolute atomic E-state index is 12.0. The second-order valence-electron chi connectivity index (χ2n) is 5.23. The third kappa shape index (κ3) is 4.12. The van der Waals surface area contributed by atoms with E-state index in [-0.39, 0.29) is 24.2 Å². The maximum atomic E-state index is 12.0. The molecule has 19 heavy (non-hydrogen) atoms. The summed E-state index contributed by atoms with van der Waals surface area (Å²) in [6.07, 6.45) is 5.35. The molecule has 1 saturated carbocycles. The number of carboxylic acids is 1. The van der Waals surface area contributed by atoms with Gasteiger partial charge < -0.3 is 15.4 Å². The summed E-state index contributed by atoms with van der Waals surface area (Å²) < 4.78 is 0. The van der Waals surface area contributed by atoms with E-state index in [1.165, 1.54) is 0 Å². The summed E-state index contributed by atoms with van der Waals surface area (Å²) in [7, 11) is 0. The number of hydrogen-bond acceptors (Lipinski definition) is 2. The van der Waals surface area contributed by atoms with Gasteiger partial charge in [0.05, 0.1) is 6.54 Å². The Morgan fingerprint density at radius 3 is 2.63 bits per heavy atom. The van der Waals surface area contributed by atoms with Gasteiger partial charge in [-0.2, -0.15) is 0 Å². The standard InChI is InChI=1S/C14H20N2O3/c17-13(18)8-10-3-5-11(6-4-10)14(19)16-9-12-2-1-7-15-12/h1-2,7,10-11,15H,3-6,8-9H2,(H,16,19)(H,17,18). The first-order valence-corrected chi connectivity index (χ1v) is 6.77. The van der Waals surface area contributed by atoms with E-state index in [0.29, 0.717) is 6.54 Å². The van der Waals surface area contributed by atoms with E-state index < -0.39 is 5.97 Å². The summed E-state index contributed by atoms with van der Waals surface area (Å²) in [6, 6.07) is 3.84. The number of hydrogen-bond donors (Lipinski definition) is 3. The Kier molecular flexibility index (Phi) is 4.60. The van der Waals surface area contributed by atoms with Gasteiger partial charge in [-0.25, -0.2) is 0 Å². The van der Waals surface area contributed by atoms with Crippen LogP contribution in [0.5, 0.6) is 0 Å². The van der Waals surface area contributed by atoms with Crippen LogP contribution in [0, 0.1) is 11.8 Å². The molecule has 0 radical (unpaired) electrons. The monoisotopic (exact) mass is 264 g/mol. The lowest BCUT2D eigenvalue weighted by Gasteiger charge is -2.26. The van der Waals surface area contributed by atoms with Gasteiger partial charge in [0.1, 0.15) is 0 Å². The topological polar surface area (TPSA) is 82.2 Å². The van der Waals surface area contributed by atoms with E-state index >= 15 is 0 Å². The SMILES string of the molecule is O=C(O)CC1CCC(C(=O)NCc2ccc[nH]2)CC1. The zero-order valence-electron chi connectivity index (χ0n) is 10.9. The van der Waals surface area contributed by atoms with Crippen LogP contribution in [-0.2, 0) is 16.1 Å². The minimum Gasteiger partial charge on any atom is -0.481 e. The summed E-state index contributed by atoms with van der Waals surface area (Å²) in [6.45, 7) is 0.529. The van der Waals surface area contributed by atoms with Gasteiger partial charge in [0.2, 0.25) is 5.91 Å². The highest BCUT2D eigenvalue weighted by Gasteiger charge is 2.27. The predicted molar refractivity (Wildman–Crippen MR) is 70.3 cm³/mol. The first kappa shape index (κ1) is 13.6. The summed E-state index contributed by atoms with van der Waals surface area (Å²) >= 11 is 0. The summed E-state index contributed by atoms with van der Waals surface area (Å²) in [5.41, 5.74) is 0.993. The molecule has 0 aliphatic heterocycles. The average Bonchev–Trinajstić information content (AvgIpc) is 2.89. The van der Waals surface area contributed by atoms with E-state index in [1.54, 1.807) is 0 Å². The molecular formula is C14H20N2O3. The number of H-pyrrole nitrogens is 1. The molecule has 0 unspecified atom stereocenters. The number of carbonyl (C=O) groups is 2. The molecule has 3 N–H and O–H groups in total. The number of aromatic amines is 1. The third-order valence-electron chi connectivity index (χ3n) is 3.80. The lowest BCUT2D eigenvalue weighted by atomic mass is 9.80. The van der Waals surface area contributed by atoms with E-state index in [0.717, 1.165) is 31.4 Å². The molecule has 104 valence electrons. The Balaban J connectivity index is 1.71. The molecule has 0 saturated heterocycles. The smallest absolute Gasteiger partial charge is 0.303 e. The predicted octanol–water partition coefficient (Wildman–Crippen LogP) is 1.91. The van der Waals surface area contributed by atoms with Crippen LogP contribution in [0.15, 0.2) is 18.3 Å². The van der Waals surface area contributed by atoms with Gasteiger partial charge in [0, 0.05) is 24.2 Å². The fourth-order valence-corrected chi connectivity index (χ4v) is 2.68. The highest BCUT2D eigenvalue weighted by atomic mass is 16.4. The first-order valence-electron chi connectivity index (χ1n) is 6.77. The highest BCUT2D eigenvalue weighted by Crippen LogP contribution is 2.30. The molecule has 1 heterocycles. The quantitative estimate of drug-likeness (QED) is 0.759. The average molecular weight is 264 g/mol. The zero-order valence-corrected chi connectivity index (χ0v) is 10.9. The van der Waals surface area contributed by atoms with Crippen molar-refractivity contribution in [3.8, 4) is 0 Å². The molecule has 2 rings (SSSR count). The van der Waals surface area contributed by atoms with Crippen LogP contribution in [-0.4, -0.2) is 22.0 Å². The Morgan fingerprint density at radius 1 is 1.32 bits per heavy atom. The Labute approximate surface area is 112 Å². The van der Waals surface area contributed by atoms with Crippen LogP contribution in [0.4, 0.5) is 0 Å². The van der Waals surface area contributed by atoms with Crippen molar-refractivity contribution in [1.82, 2.24) is 10.3 Å². The number of aromatic nitrogens is 1. The van der Waals surface area contributed by atoms with Crippen LogP contribution < -0.4 is 5.32 Å². The number of rotatable bonds is 5. The molecule has 1 aliphatic rings. The molecule has 1 aromatic heterocycles. The number of carboxylic acid groups (broad SMARTS) is 1. The van der Waals surface area contributed by atoms with Crippen molar-refractivity contribution in [3.05, 3.63) is 24.0 Å². The van der Waals surface area contributed by atoms with Crippen molar-refractivity contribution in [2.24, 2.45) is 11.8 Å². The molecule has 1 fully saturated rings. The third-order valence-corrected chi connectivity index (χ3v) is 3.80. The number of nitrogens with one attached hydrogen (secondary N) is 2. The fraction of sp³-hybridized carbons (Fsp3) is 0.571. The van der Waals surface area contributed by atoms with Crippen LogP contribution in [0.25, 0.3) is 0 Å². The molecule has 0 aromatic carbocycles. The van der Waals surface area contributed by atoms with Crippen molar-refractivity contribution in [3.63, 3.8) is 0 Å². The zero-order chi connectivity index (χ0) is 13.7. The number of carbonyl (C=O) groups excluding carboxylic acids is 1. The van der Waals surface area contributed by atoms with Gasteiger partial charge in [-0.05, 0) is 43.7 Å². The summed E-state index contributed by atoms with van der Waals surface area (Å²) in [5.74, 6) is -0.368. The summed E-state index contributed by atoms with van der Waals surface area (Å²) in [5, 5.41) is 11.7. The molecule has 1 aromatic rings. The van der Waals surface area contributed by atoms with Gasteiger partial charge in [-0.3, -0.25) is 9.59 Å². The van der Waals surface area contributed by atoms with E-state index in [2.05, 4.69) is 10.3 Å². The molecular weight excluding hydrogens is 244 g/mol. The second kappa shape index (κ2) is 6.41. The van der Waals surface area contributed by atoms with Crippen molar-refractivity contribution >= 4 is 11.9 Å². The molecule has 0 spiro atoms. The van der Waals surface area contributed by atoms with E-state index in [9.17, 15) is 9.59 Å². The fourth-order valence-electron chi connectivity index (χ4n) is 2.68. The van der Waals surface area contributed by atoms with E-state index in [4.69, 9.17) is 5.11 Å². The Morgan fingerprint density at radius 2 is 2.05 bits per heavy atom. The van der Waals surface area contributed by atoms with Crippen molar-refractivity contribution in [2.45, 2.75) is 38.6 Å². The Bertz CT molecular complexity index is 420. The minimum atomic E-state index is -0.736. The molecule has 5 heteroatoms. The lowest BCUT2D eigenvalue weighted by Crippen LogP contribution is -2.33. The van der Waals surface area contributed by atoms with E-state index in [1.807, 2.05) is 18.3 Å². The lowest BCUT2D eigenvalue weighted by molar-refractivity contribution is -0.138. The van der Waals surface area contributed by atoms with Crippen molar-refractivity contribution in [1.29, 1.82) is 0 Å².